The van der Waals surface area contributed by atoms with Crippen LogP contribution in [0.1, 0.15) is 10.4 Å². The minimum absolute atomic E-state index is 0. The van der Waals surface area contributed by atoms with Crippen molar-refractivity contribution in [1.29, 1.82) is 0 Å². The molecule has 0 spiro atoms. The molecule has 10 heteroatoms. The molecule has 0 unspecified atom stereocenters. The van der Waals surface area contributed by atoms with E-state index in [0.717, 1.165) is 24.4 Å². The number of non-ortho nitro benzene ring substituents is 1. The fourth-order valence-electron chi connectivity index (χ4n) is 2.33. The van der Waals surface area contributed by atoms with Gasteiger partial charge in [-0.3, -0.25) is 15.1 Å². The van der Waals surface area contributed by atoms with Crippen LogP contribution < -0.4 is 5.32 Å². The number of nitro groups is 1. The monoisotopic (exact) mass is 395 g/mol. The zero-order chi connectivity index (χ0) is 18.1. The molecule has 3 rings (SSSR count). The molecule has 0 bridgehead atoms. The molecular weight excluding hydrogens is 385 g/mol. The fourth-order valence-corrected chi connectivity index (χ4v) is 2.51. The second-order valence-electron chi connectivity index (χ2n) is 5.10. The number of nitro benzene ring substituents is 1. The summed E-state index contributed by atoms with van der Waals surface area (Å²) < 4.78 is 0. The van der Waals surface area contributed by atoms with E-state index in [1.54, 1.807) is 12.1 Å². The van der Waals surface area contributed by atoms with Crippen molar-refractivity contribution >= 4 is 57.9 Å². The highest BCUT2D eigenvalue weighted by Gasteiger charge is 2.18. The van der Waals surface area contributed by atoms with Crippen LogP contribution in [0.15, 0.2) is 42.6 Å². The van der Waals surface area contributed by atoms with E-state index in [2.05, 4.69) is 10.3 Å². The summed E-state index contributed by atoms with van der Waals surface area (Å²) in [7, 11) is 0. The standard InChI is InChI=1S/C16H10ClN3O5.ClH/c17-8-1-3-12-10(5-8)15(11(7-18-12)16(22)23)19-13-6-9(20(24)25)2-4-14(13)21;/h1-7,21H,(H,18,19)(H,22,23);1H. The third-order valence-electron chi connectivity index (χ3n) is 3.51. The minimum Gasteiger partial charge on any atom is -0.506 e. The maximum atomic E-state index is 11.5. The predicted molar refractivity (Wildman–Crippen MR) is 99.0 cm³/mol. The predicted octanol–water partition coefficient (Wildman–Crippen LogP) is 4.37. The molecule has 26 heavy (non-hydrogen) atoms. The third-order valence-corrected chi connectivity index (χ3v) is 3.75. The number of pyridine rings is 1. The van der Waals surface area contributed by atoms with Crippen molar-refractivity contribution in [2.24, 2.45) is 0 Å². The lowest BCUT2D eigenvalue weighted by Gasteiger charge is -2.14. The molecule has 0 radical (unpaired) electrons. The van der Waals surface area contributed by atoms with Gasteiger partial charge in [-0.2, -0.15) is 0 Å². The van der Waals surface area contributed by atoms with Crippen LogP contribution in [0.25, 0.3) is 10.9 Å². The molecule has 0 aliphatic heterocycles. The van der Waals surface area contributed by atoms with E-state index >= 15 is 0 Å². The average Bonchev–Trinajstić information content (AvgIpc) is 2.56. The number of aromatic carboxylic acids is 1. The Morgan fingerprint density at radius 1 is 1.23 bits per heavy atom. The summed E-state index contributed by atoms with van der Waals surface area (Å²) in [4.78, 5) is 25.9. The lowest BCUT2D eigenvalue weighted by atomic mass is 10.1. The molecule has 3 aromatic rings. The molecular formula is C16H11Cl2N3O5. The Labute approximate surface area is 157 Å². The number of benzene rings is 2. The SMILES string of the molecule is Cl.O=C(O)c1cnc2ccc(Cl)cc2c1Nc1cc([N+](=O)[O-])ccc1O. The summed E-state index contributed by atoms with van der Waals surface area (Å²) in [6.45, 7) is 0. The van der Waals surface area contributed by atoms with Crippen LogP contribution in [0, 0.1) is 10.1 Å². The lowest BCUT2D eigenvalue weighted by molar-refractivity contribution is -0.384. The number of rotatable bonds is 4. The number of nitrogens with zero attached hydrogens (tertiary/aromatic N) is 2. The van der Waals surface area contributed by atoms with Gasteiger partial charge in [0.25, 0.3) is 5.69 Å². The van der Waals surface area contributed by atoms with E-state index in [-0.39, 0.29) is 40.8 Å². The van der Waals surface area contributed by atoms with Gasteiger partial charge in [-0.1, -0.05) is 11.6 Å². The quantitative estimate of drug-likeness (QED) is 0.340. The molecule has 0 aliphatic carbocycles. The number of hydrogen-bond acceptors (Lipinski definition) is 6. The van der Waals surface area contributed by atoms with Gasteiger partial charge in [0, 0.05) is 28.7 Å². The highest BCUT2D eigenvalue weighted by Crippen LogP contribution is 2.35. The molecule has 1 heterocycles. The molecule has 1 aromatic heterocycles. The number of carboxylic acids is 1. The normalized spacial score (nSPS) is 10.2. The van der Waals surface area contributed by atoms with Crippen LogP contribution in [0.4, 0.5) is 17.1 Å². The first kappa shape index (κ1) is 19.2. The van der Waals surface area contributed by atoms with Crippen LogP contribution in [0.5, 0.6) is 5.75 Å². The number of fused-ring (bicyclic) bond motifs is 1. The van der Waals surface area contributed by atoms with Crippen molar-refractivity contribution in [3.63, 3.8) is 0 Å². The van der Waals surface area contributed by atoms with Crippen molar-refractivity contribution in [3.05, 3.63) is 63.3 Å². The van der Waals surface area contributed by atoms with E-state index < -0.39 is 10.9 Å². The molecule has 0 saturated heterocycles. The summed E-state index contributed by atoms with van der Waals surface area (Å²) in [5, 5.41) is 33.8. The van der Waals surface area contributed by atoms with Gasteiger partial charge in [-0.25, -0.2) is 4.79 Å². The summed E-state index contributed by atoms with van der Waals surface area (Å²) in [6.07, 6.45) is 1.16. The van der Waals surface area contributed by atoms with Gasteiger partial charge in [0.05, 0.1) is 21.8 Å². The van der Waals surface area contributed by atoms with Crippen LogP contribution in [-0.4, -0.2) is 26.1 Å². The Morgan fingerprint density at radius 2 is 1.96 bits per heavy atom. The number of phenols is 1. The van der Waals surface area contributed by atoms with Gasteiger partial charge in [-0.15, -0.1) is 12.4 Å². The molecule has 0 atom stereocenters. The molecule has 3 N–H and O–H groups in total. The Bertz CT molecular complexity index is 1030. The molecule has 0 aliphatic rings. The Hall–Kier alpha value is -3.10. The van der Waals surface area contributed by atoms with E-state index in [4.69, 9.17) is 11.6 Å². The highest BCUT2D eigenvalue weighted by atomic mass is 35.5. The topological polar surface area (TPSA) is 126 Å². The van der Waals surface area contributed by atoms with Crippen LogP contribution in [0.2, 0.25) is 5.02 Å². The Balaban J connectivity index is 0.00000243. The smallest absolute Gasteiger partial charge is 0.339 e. The van der Waals surface area contributed by atoms with Gasteiger partial charge in [-0.05, 0) is 24.3 Å². The van der Waals surface area contributed by atoms with Crippen molar-refractivity contribution in [2.45, 2.75) is 0 Å². The maximum Gasteiger partial charge on any atom is 0.339 e. The summed E-state index contributed by atoms with van der Waals surface area (Å²) >= 11 is 5.98. The summed E-state index contributed by atoms with van der Waals surface area (Å²) in [6, 6.07) is 8.13. The van der Waals surface area contributed by atoms with Crippen molar-refractivity contribution < 1.29 is 19.9 Å². The molecule has 2 aromatic carbocycles. The number of aromatic hydroxyl groups is 1. The van der Waals surface area contributed by atoms with Crippen LogP contribution in [0.3, 0.4) is 0 Å². The van der Waals surface area contributed by atoms with E-state index in [9.17, 15) is 25.1 Å². The number of carboxylic acid groups (broad SMARTS) is 1. The van der Waals surface area contributed by atoms with Gasteiger partial charge >= 0.3 is 5.97 Å². The van der Waals surface area contributed by atoms with E-state index in [1.807, 2.05) is 0 Å². The molecule has 0 saturated carbocycles. The zero-order valence-electron chi connectivity index (χ0n) is 12.8. The van der Waals surface area contributed by atoms with Crippen molar-refractivity contribution in [1.82, 2.24) is 4.98 Å². The van der Waals surface area contributed by atoms with Gasteiger partial charge < -0.3 is 15.5 Å². The van der Waals surface area contributed by atoms with Gasteiger partial charge in [0.15, 0.2) is 0 Å². The first-order chi connectivity index (χ1) is 11.9. The Kier molecular flexibility index (Phi) is 5.49. The van der Waals surface area contributed by atoms with Crippen molar-refractivity contribution in [3.8, 4) is 5.75 Å². The van der Waals surface area contributed by atoms with Crippen molar-refractivity contribution in [2.75, 3.05) is 5.32 Å². The first-order valence-corrected chi connectivity index (χ1v) is 7.30. The third kappa shape index (κ3) is 3.61. The number of nitrogens with one attached hydrogen (secondary N) is 1. The number of hydrogen-bond donors (Lipinski definition) is 3. The fraction of sp³-hybridized carbons (Fsp3) is 0. The number of halogens is 2. The number of phenolic OH excluding ortho intramolecular Hbond substituents is 1. The molecule has 0 amide bonds. The summed E-state index contributed by atoms with van der Waals surface area (Å²) in [5.74, 6) is -1.52. The zero-order valence-corrected chi connectivity index (χ0v) is 14.4. The maximum absolute atomic E-state index is 11.5. The van der Waals surface area contributed by atoms with E-state index in [0.29, 0.717) is 15.9 Å². The second kappa shape index (κ2) is 7.42. The van der Waals surface area contributed by atoms with Gasteiger partial charge in [0.2, 0.25) is 0 Å². The number of carbonyl (C=O) groups is 1. The molecule has 0 fully saturated rings. The molecule has 134 valence electrons. The lowest BCUT2D eigenvalue weighted by Crippen LogP contribution is -2.05. The molecule has 8 nitrogen and oxygen atoms in total. The largest absolute Gasteiger partial charge is 0.506 e. The highest BCUT2D eigenvalue weighted by molar-refractivity contribution is 6.31. The average molecular weight is 396 g/mol. The van der Waals surface area contributed by atoms with Crippen LogP contribution >= 0.6 is 24.0 Å². The van der Waals surface area contributed by atoms with Gasteiger partial charge in [0.1, 0.15) is 11.3 Å². The second-order valence-corrected chi connectivity index (χ2v) is 5.53. The minimum atomic E-state index is -1.25. The Morgan fingerprint density at radius 3 is 2.62 bits per heavy atom. The first-order valence-electron chi connectivity index (χ1n) is 6.93. The van der Waals surface area contributed by atoms with E-state index in [1.165, 1.54) is 6.07 Å². The number of anilines is 2. The summed E-state index contributed by atoms with van der Waals surface area (Å²) in [5.41, 5.74) is 0.163. The van der Waals surface area contributed by atoms with Crippen LogP contribution in [-0.2, 0) is 0 Å². The number of aromatic nitrogens is 1.